The van der Waals surface area contributed by atoms with Crippen LogP contribution in [0.2, 0.25) is 5.02 Å². The van der Waals surface area contributed by atoms with Gasteiger partial charge in [0.15, 0.2) is 0 Å². The summed E-state index contributed by atoms with van der Waals surface area (Å²) in [5, 5.41) is 5.44. The van der Waals surface area contributed by atoms with Crippen molar-refractivity contribution in [2.45, 2.75) is 0 Å². The molecule has 0 aromatic heterocycles. The van der Waals surface area contributed by atoms with Crippen LogP contribution in [0.4, 0.5) is 4.39 Å². The molecule has 1 N–H and O–H groups in total. The molecule has 0 bridgehead atoms. The molecule has 7 heteroatoms. The Balaban J connectivity index is 0.00000240. The normalized spacial score (nSPS) is 13.0. The molecule has 0 aliphatic carbocycles. The molecular formula is C22H21Cl2FN2O2. The molecule has 3 aromatic rings. The van der Waals surface area contributed by atoms with E-state index in [1.807, 2.05) is 24.3 Å². The largest absolute Gasteiger partial charge is 0.490 e. The molecule has 3 aromatic carbocycles. The molecular weight excluding hydrogens is 414 g/mol. The van der Waals surface area contributed by atoms with Gasteiger partial charge in [-0.15, -0.1) is 12.4 Å². The fourth-order valence-electron chi connectivity index (χ4n) is 3.40. The molecule has 1 heterocycles. The first kappa shape index (κ1) is 21.4. The van der Waals surface area contributed by atoms with Gasteiger partial charge in [0.25, 0.3) is 0 Å². The number of halogens is 3. The highest BCUT2D eigenvalue weighted by atomic mass is 35.5. The van der Waals surface area contributed by atoms with E-state index in [0.29, 0.717) is 19.0 Å². The minimum absolute atomic E-state index is 0. The minimum atomic E-state index is -0.449. The maximum atomic E-state index is 13.8. The average molecular weight is 435 g/mol. The van der Waals surface area contributed by atoms with E-state index in [1.54, 1.807) is 19.2 Å². The van der Waals surface area contributed by atoms with E-state index in [0.717, 1.165) is 46.4 Å². The number of hydrogen-bond acceptors (Lipinski definition) is 4. The summed E-state index contributed by atoms with van der Waals surface area (Å²) in [6.07, 6.45) is 0. The summed E-state index contributed by atoms with van der Waals surface area (Å²) in [6, 6.07) is 14.8. The second kappa shape index (κ2) is 9.44. The lowest BCUT2D eigenvalue weighted by Gasteiger charge is -2.19. The smallest absolute Gasteiger partial charge is 0.141 e. The average Bonchev–Trinajstić information content (AvgIpc) is 3.24. The third-order valence-electron chi connectivity index (χ3n) is 4.67. The number of nitrogens with zero attached hydrogens (tertiary/aromatic N) is 1. The van der Waals surface area contributed by atoms with Gasteiger partial charge < -0.3 is 14.8 Å². The molecule has 152 valence electrons. The van der Waals surface area contributed by atoms with E-state index in [2.05, 4.69) is 16.4 Å². The van der Waals surface area contributed by atoms with Gasteiger partial charge in [0.1, 0.15) is 24.0 Å². The van der Waals surface area contributed by atoms with Crippen molar-refractivity contribution in [2.75, 3.05) is 33.4 Å². The van der Waals surface area contributed by atoms with Crippen molar-refractivity contribution in [3.05, 3.63) is 64.9 Å². The monoisotopic (exact) mass is 434 g/mol. The van der Waals surface area contributed by atoms with Crippen molar-refractivity contribution in [1.82, 2.24) is 5.32 Å². The molecule has 4 rings (SSSR count). The number of hydrogen-bond donors (Lipinski definition) is 1. The van der Waals surface area contributed by atoms with Crippen LogP contribution in [0.5, 0.6) is 5.75 Å². The fourth-order valence-corrected chi connectivity index (χ4v) is 3.58. The molecule has 0 spiro atoms. The standard InChI is InChI=1S/C22H20ClFN2O2.ClH/c1-27-10-11-28-21-17(22-25-8-9-26-22)12-14-4-2-3-5-16(14)20(21)15-6-7-19(24)18(23)13-15;/h2-7,12-13H,8-11H2,1H3,(H,25,26);1H. The highest BCUT2D eigenvalue weighted by Gasteiger charge is 2.22. The predicted octanol–water partition coefficient (Wildman–Crippen LogP) is 5.10. The molecule has 29 heavy (non-hydrogen) atoms. The highest BCUT2D eigenvalue weighted by molar-refractivity contribution is 6.31. The third kappa shape index (κ3) is 4.32. The number of benzene rings is 3. The maximum absolute atomic E-state index is 13.8. The van der Waals surface area contributed by atoms with E-state index in [9.17, 15) is 4.39 Å². The van der Waals surface area contributed by atoms with Crippen molar-refractivity contribution in [3.63, 3.8) is 0 Å². The number of methoxy groups -OCH3 is 1. The Hall–Kier alpha value is -2.34. The van der Waals surface area contributed by atoms with Crippen LogP contribution in [0.25, 0.3) is 21.9 Å². The topological polar surface area (TPSA) is 42.9 Å². The predicted molar refractivity (Wildman–Crippen MR) is 118 cm³/mol. The van der Waals surface area contributed by atoms with Crippen LogP contribution >= 0.6 is 24.0 Å². The Morgan fingerprint density at radius 3 is 2.69 bits per heavy atom. The molecule has 0 saturated heterocycles. The molecule has 1 aliphatic rings. The Kier molecular flexibility index (Phi) is 6.96. The molecule has 0 amide bonds. The number of amidine groups is 1. The van der Waals surface area contributed by atoms with Gasteiger partial charge in [0.2, 0.25) is 0 Å². The SMILES string of the molecule is COCCOc1c(C2=NCCN2)cc2ccccc2c1-c1ccc(F)c(Cl)c1.Cl. The number of ether oxygens (including phenoxy) is 2. The van der Waals surface area contributed by atoms with Crippen molar-refractivity contribution in [2.24, 2.45) is 4.99 Å². The van der Waals surface area contributed by atoms with Crippen molar-refractivity contribution >= 4 is 40.6 Å². The first-order valence-corrected chi connectivity index (χ1v) is 9.48. The maximum Gasteiger partial charge on any atom is 0.141 e. The third-order valence-corrected chi connectivity index (χ3v) is 4.96. The van der Waals surface area contributed by atoms with Gasteiger partial charge in [-0.2, -0.15) is 0 Å². The zero-order chi connectivity index (χ0) is 19.5. The van der Waals surface area contributed by atoms with Crippen LogP contribution in [0, 0.1) is 5.82 Å². The summed E-state index contributed by atoms with van der Waals surface area (Å²) in [6.45, 7) is 2.35. The zero-order valence-corrected chi connectivity index (χ0v) is 17.4. The Labute approximate surface area is 180 Å². The molecule has 0 saturated carbocycles. The van der Waals surface area contributed by atoms with Gasteiger partial charge in [-0.05, 0) is 34.5 Å². The van der Waals surface area contributed by atoms with Crippen LogP contribution in [0.15, 0.2) is 53.5 Å². The van der Waals surface area contributed by atoms with Crippen LogP contribution in [0.1, 0.15) is 5.56 Å². The second-order valence-corrected chi connectivity index (χ2v) is 6.88. The summed E-state index contributed by atoms with van der Waals surface area (Å²) in [4.78, 5) is 4.58. The van der Waals surface area contributed by atoms with Crippen molar-refractivity contribution < 1.29 is 13.9 Å². The number of aliphatic imine (C=N–C) groups is 1. The van der Waals surface area contributed by atoms with E-state index < -0.39 is 5.82 Å². The van der Waals surface area contributed by atoms with E-state index in [4.69, 9.17) is 21.1 Å². The summed E-state index contributed by atoms with van der Waals surface area (Å²) in [5.74, 6) is 1.04. The number of rotatable bonds is 6. The van der Waals surface area contributed by atoms with Crippen LogP contribution in [-0.2, 0) is 4.74 Å². The van der Waals surface area contributed by atoms with Crippen molar-refractivity contribution in [1.29, 1.82) is 0 Å². The molecule has 0 radical (unpaired) electrons. The van der Waals surface area contributed by atoms with Crippen LogP contribution < -0.4 is 10.1 Å². The first-order chi connectivity index (χ1) is 13.7. The summed E-state index contributed by atoms with van der Waals surface area (Å²) < 4.78 is 25.1. The number of fused-ring (bicyclic) bond motifs is 1. The van der Waals surface area contributed by atoms with Gasteiger partial charge in [-0.3, -0.25) is 4.99 Å². The van der Waals surface area contributed by atoms with E-state index in [-0.39, 0.29) is 17.4 Å². The summed E-state index contributed by atoms with van der Waals surface area (Å²) >= 11 is 6.09. The zero-order valence-electron chi connectivity index (χ0n) is 15.9. The minimum Gasteiger partial charge on any atom is -0.490 e. The van der Waals surface area contributed by atoms with Gasteiger partial charge in [0, 0.05) is 19.2 Å². The molecule has 0 unspecified atom stereocenters. The van der Waals surface area contributed by atoms with Gasteiger partial charge in [-0.1, -0.05) is 41.9 Å². The lowest BCUT2D eigenvalue weighted by Crippen LogP contribution is -2.21. The van der Waals surface area contributed by atoms with E-state index in [1.165, 1.54) is 6.07 Å². The highest BCUT2D eigenvalue weighted by Crippen LogP contribution is 2.41. The summed E-state index contributed by atoms with van der Waals surface area (Å²) in [5.41, 5.74) is 2.53. The molecule has 4 nitrogen and oxygen atoms in total. The second-order valence-electron chi connectivity index (χ2n) is 6.48. The van der Waals surface area contributed by atoms with Gasteiger partial charge in [-0.25, -0.2) is 4.39 Å². The van der Waals surface area contributed by atoms with Gasteiger partial charge >= 0.3 is 0 Å². The summed E-state index contributed by atoms with van der Waals surface area (Å²) in [7, 11) is 1.63. The quantitative estimate of drug-likeness (QED) is 0.549. The van der Waals surface area contributed by atoms with E-state index >= 15 is 0 Å². The fraction of sp³-hybridized carbons (Fsp3) is 0.227. The molecule has 0 atom stereocenters. The first-order valence-electron chi connectivity index (χ1n) is 9.10. The van der Waals surface area contributed by atoms with Crippen LogP contribution in [-0.4, -0.2) is 39.2 Å². The van der Waals surface area contributed by atoms with Gasteiger partial charge in [0.05, 0.1) is 23.7 Å². The lowest BCUT2D eigenvalue weighted by atomic mass is 9.93. The van der Waals surface area contributed by atoms with Crippen LogP contribution in [0.3, 0.4) is 0 Å². The lowest BCUT2D eigenvalue weighted by molar-refractivity contribution is 0.146. The Bertz CT molecular complexity index is 1060. The molecule has 1 aliphatic heterocycles. The Morgan fingerprint density at radius 2 is 1.97 bits per heavy atom. The number of nitrogens with one attached hydrogen (secondary N) is 1. The van der Waals surface area contributed by atoms with Crippen molar-refractivity contribution in [3.8, 4) is 16.9 Å². The Morgan fingerprint density at radius 1 is 1.14 bits per heavy atom. The molecule has 0 fully saturated rings.